The van der Waals surface area contributed by atoms with Crippen molar-refractivity contribution < 1.29 is 14.3 Å². The number of aryl methyl sites for hydroxylation is 2. The van der Waals surface area contributed by atoms with Crippen molar-refractivity contribution in [2.24, 2.45) is 5.73 Å². The van der Waals surface area contributed by atoms with Crippen LogP contribution < -0.4 is 5.73 Å². The zero-order chi connectivity index (χ0) is 21.1. The van der Waals surface area contributed by atoms with E-state index in [1.807, 2.05) is 24.3 Å². The van der Waals surface area contributed by atoms with Gasteiger partial charge in [-0.25, -0.2) is 4.79 Å². The van der Waals surface area contributed by atoms with Crippen LogP contribution in [0, 0.1) is 25.2 Å². The highest BCUT2D eigenvalue weighted by Gasteiger charge is 2.36. The van der Waals surface area contributed by atoms with Gasteiger partial charge in [0.05, 0.1) is 18.1 Å². The number of allylic oxidation sites excluding steroid dienone is 2. The smallest absolute Gasteiger partial charge is 0.338 e. The van der Waals surface area contributed by atoms with Crippen LogP contribution >= 0.6 is 0 Å². The highest BCUT2D eigenvalue weighted by Crippen LogP contribution is 2.40. The maximum atomic E-state index is 12.7. The molecule has 2 aromatic carbocycles. The molecule has 5 nitrogen and oxygen atoms in total. The number of nitrogens with two attached hydrogens (primary N) is 1. The van der Waals surface area contributed by atoms with E-state index in [1.54, 1.807) is 13.8 Å². The number of nitriles is 1. The molecular weight excluding hydrogens is 364 g/mol. The molecule has 0 fully saturated rings. The van der Waals surface area contributed by atoms with Gasteiger partial charge in [-0.1, -0.05) is 42.5 Å². The quantitative estimate of drug-likeness (QED) is 0.773. The molecule has 0 saturated heterocycles. The summed E-state index contributed by atoms with van der Waals surface area (Å²) in [5.41, 5.74) is 11.7. The molecule has 0 radical (unpaired) electrons. The van der Waals surface area contributed by atoms with E-state index in [1.165, 1.54) is 11.1 Å². The monoisotopic (exact) mass is 388 g/mol. The molecule has 5 heteroatoms. The topological polar surface area (TPSA) is 85.3 Å². The molecule has 0 saturated carbocycles. The van der Waals surface area contributed by atoms with Crippen molar-refractivity contribution in [2.75, 3.05) is 6.61 Å². The van der Waals surface area contributed by atoms with E-state index in [0.29, 0.717) is 11.3 Å². The molecule has 3 rings (SSSR count). The Morgan fingerprint density at radius 3 is 2.52 bits per heavy atom. The van der Waals surface area contributed by atoms with Gasteiger partial charge in [-0.15, -0.1) is 0 Å². The molecule has 1 heterocycles. The van der Waals surface area contributed by atoms with Gasteiger partial charge in [-0.05, 0) is 55.5 Å². The molecule has 148 valence electrons. The lowest BCUT2D eigenvalue weighted by molar-refractivity contribution is -0.139. The number of carbonyl (C=O) groups excluding carboxylic acids is 1. The second-order valence-electron chi connectivity index (χ2n) is 7.04. The number of carbonyl (C=O) groups is 1. The fourth-order valence-corrected chi connectivity index (χ4v) is 3.51. The fourth-order valence-electron chi connectivity index (χ4n) is 3.51. The molecule has 0 aromatic heterocycles. The van der Waals surface area contributed by atoms with Gasteiger partial charge >= 0.3 is 5.97 Å². The fraction of sp³-hybridized carbons (Fsp3) is 0.250. The molecule has 2 N–H and O–H groups in total. The van der Waals surface area contributed by atoms with Crippen LogP contribution in [0.3, 0.4) is 0 Å². The Kier molecular flexibility index (Phi) is 5.74. The number of hydrogen-bond acceptors (Lipinski definition) is 5. The first kappa shape index (κ1) is 20.2. The van der Waals surface area contributed by atoms with E-state index in [0.717, 1.165) is 16.7 Å². The van der Waals surface area contributed by atoms with Gasteiger partial charge in [0.1, 0.15) is 17.4 Å². The van der Waals surface area contributed by atoms with Gasteiger partial charge in [0.2, 0.25) is 5.88 Å². The summed E-state index contributed by atoms with van der Waals surface area (Å²) in [7, 11) is 0. The molecule has 0 bridgehead atoms. The maximum absolute atomic E-state index is 12.7. The van der Waals surface area contributed by atoms with E-state index in [2.05, 4.69) is 38.1 Å². The minimum Gasteiger partial charge on any atom is -0.463 e. The van der Waals surface area contributed by atoms with Crippen LogP contribution in [0.2, 0.25) is 0 Å². The van der Waals surface area contributed by atoms with E-state index in [4.69, 9.17) is 15.2 Å². The van der Waals surface area contributed by atoms with Gasteiger partial charge < -0.3 is 15.2 Å². The number of nitrogens with zero attached hydrogens (tertiary/aromatic N) is 1. The van der Waals surface area contributed by atoms with E-state index in [9.17, 15) is 10.1 Å². The minimum atomic E-state index is -0.640. The largest absolute Gasteiger partial charge is 0.463 e. The average molecular weight is 388 g/mol. The minimum absolute atomic E-state index is 0.0135. The Morgan fingerprint density at radius 2 is 1.86 bits per heavy atom. The lowest BCUT2D eigenvalue weighted by Crippen LogP contribution is -2.25. The van der Waals surface area contributed by atoms with Crippen molar-refractivity contribution in [1.82, 2.24) is 0 Å². The predicted octanol–water partition coefficient (Wildman–Crippen LogP) is 4.62. The molecule has 1 unspecified atom stereocenters. The second-order valence-corrected chi connectivity index (χ2v) is 7.04. The third-order valence-corrected chi connectivity index (χ3v) is 5.16. The van der Waals surface area contributed by atoms with Crippen molar-refractivity contribution in [3.05, 3.63) is 81.9 Å². The lowest BCUT2D eigenvalue weighted by Gasteiger charge is -2.27. The number of rotatable bonds is 4. The third kappa shape index (κ3) is 3.88. The first-order valence-corrected chi connectivity index (χ1v) is 9.50. The van der Waals surface area contributed by atoms with Crippen LogP contribution in [0.5, 0.6) is 0 Å². The Balaban J connectivity index is 2.15. The van der Waals surface area contributed by atoms with Gasteiger partial charge in [0.15, 0.2) is 0 Å². The normalized spacial score (nSPS) is 16.3. The van der Waals surface area contributed by atoms with Crippen molar-refractivity contribution in [2.45, 2.75) is 33.6 Å². The summed E-state index contributed by atoms with van der Waals surface area (Å²) in [5, 5.41) is 9.72. The summed E-state index contributed by atoms with van der Waals surface area (Å²) in [6.07, 6.45) is 0. The highest BCUT2D eigenvalue weighted by atomic mass is 16.5. The Bertz CT molecular complexity index is 1070. The molecular formula is C24H24N2O3. The van der Waals surface area contributed by atoms with Crippen LogP contribution in [0.25, 0.3) is 11.1 Å². The third-order valence-electron chi connectivity index (χ3n) is 5.16. The van der Waals surface area contributed by atoms with Crippen LogP contribution in [-0.2, 0) is 14.3 Å². The van der Waals surface area contributed by atoms with Crippen LogP contribution in [0.15, 0.2) is 65.3 Å². The summed E-state index contributed by atoms with van der Waals surface area (Å²) in [6, 6.07) is 16.2. The summed E-state index contributed by atoms with van der Waals surface area (Å²) in [6.45, 7) is 7.77. The summed E-state index contributed by atoms with van der Waals surface area (Å²) in [4.78, 5) is 12.7. The Morgan fingerprint density at radius 1 is 1.14 bits per heavy atom. The van der Waals surface area contributed by atoms with Gasteiger partial charge in [-0.2, -0.15) is 5.26 Å². The summed E-state index contributed by atoms with van der Waals surface area (Å²) >= 11 is 0. The number of hydrogen-bond donors (Lipinski definition) is 1. The summed E-state index contributed by atoms with van der Waals surface area (Å²) in [5.74, 6) is -0.785. The van der Waals surface area contributed by atoms with E-state index >= 15 is 0 Å². The zero-order valence-electron chi connectivity index (χ0n) is 17.1. The molecule has 2 aromatic rings. The van der Waals surface area contributed by atoms with Crippen LogP contribution in [-0.4, -0.2) is 12.6 Å². The van der Waals surface area contributed by atoms with Crippen molar-refractivity contribution >= 4 is 5.97 Å². The number of ether oxygens (including phenoxy) is 2. The van der Waals surface area contributed by atoms with Crippen molar-refractivity contribution in [3.63, 3.8) is 0 Å². The number of esters is 1. The molecule has 0 aliphatic carbocycles. The Labute approximate surface area is 171 Å². The summed E-state index contributed by atoms with van der Waals surface area (Å²) < 4.78 is 10.7. The first-order valence-electron chi connectivity index (χ1n) is 9.50. The molecule has 1 aliphatic rings. The zero-order valence-corrected chi connectivity index (χ0v) is 17.1. The van der Waals surface area contributed by atoms with Crippen molar-refractivity contribution in [3.8, 4) is 17.2 Å². The number of benzene rings is 2. The van der Waals surface area contributed by atoms with E-state index < -0.39 is 11.9 Å². The van der Waals surface area contributed by atoms with Gasteiger partial charge in [0.25, 0.3) is 0 Å². The van der Waals surface area contributed by atoms with Crippen LogP contribution in [0.4, 0.5) is 0 Å². The van der Waals surface area contributed by atoms with Crippen LogP contribution in [0.1, 0.15) is 36.5 Å². The lowest BCUT2D eigenvalue weighted by atomic mass is 9.82. The van der Waals surface area contributed by atoms with Crippen molar-refractivity contribution in [1.29, 1.82) is 5.26 Å². The van der Waals surface area contributed by atoms with Gasteiger partial charge in [0, 0.05) is 0 Å². The molecule has 29 heavy (non-hydrogen) atoms. The first-order chi connectivity index (χ1) is 13.9. The SMILES string of the molecule is CCOC(=O)C1=C(C)OC(N)=C(C#N)C1c1cccc(-c2ccc(C)c(C)c2)c1. The standard InChI is InChI=1S/C24H24N2O3/c1-5-28-24(27)21-16(4)29-23(26)20(13-25)22(21)19-8-6-7-17(12-19)18-10-9-14(2)15(3)11-18/h6-12,22H,5,26H2,1-4H3. The second kappa shape index (κ2) is 8.24. The predicted molar refractivity (Wildman–Crippen MR) is 111 cm³/mol. The maximum Gasteiger partial charge on any atom is 0.338 e. The molecule has 0 amide bonds. The average Bonchev–Trinajstić information content (AvgIpc) is 2.69. The van der Waals surface area contributed by atoms with Gasteiger partial charge in [-0.3, -0.25) is 0 Å². The van der Waals surface area contributed by atoms with E-state index in [-0.39, 0.29) is 18.1 Å². The Hall–Kier alpha value is -3.52. The molecule has 1 aliphatic heterocycles. The molecule has 0 spiro atoms. The highest BCUT2D eigenvalue weighted by molar-refractivity contribution is 5.92. The molecule has 1 atom stereocenters.